The van der Waals surface area contributed by atoms with Crippen molar-refractivity contribution in [3.8, 4) is 10.7 Å². The second kappa shape index (κ2) is 3.61. The van der Waals surface area contributed by atoms with Crippen LogP contribution in [0, 0.1) is 6.92 Å². The minimum Gasteiger partial charge on any atom is -0.297 e. The van der Waals surface area contributed by atoms with Crippen molar-refractivity contribution in [1.82, 2.24) is 9.38 Å². The number of halogens is 1. The smallest absolute Gasteiger partial charge is 0.156 e. The van der Waals surface area contributed by atoms with Crippen molar-refractivity contribution in [1.29, 1.82) is 0 Å². The van der Waals surface area contributed by atoms with Crippen LogP contribution in [0.2, 0.25) is 5.15 Å². The number of imidazole rings is 1. The van der Waals surface area contributed by atoms with Crippen molar-refractivity contribution in [2.24, 2.45) is 0 Å². The lowest BCUT2D eigenvalue weighted by Crippen LogP contribution is -1.88. The first-order valence-corrected chi connectivity index (χ1v) is 6.19. The van der Waals surface area contributed by atoms with Gasteiger partial charge in [-0.25, -0.2) is 4.98 Å². The highest BCUT2D eigenvalue weighted by Crippen LogP contribution is 2.28. The summed E-state index contributed by atoms with van der Waals surface area (Å²) in [5.41, 5.74) is 2.15. The average molecular weight is 249 g/mol. The van der Waals surface area contributed by atoms with E-state index in [9.17, 15) is 0 Å². The zero-order valence-corrected chi connectivity index (χ0v) is 10.2. The normalized spacial score (nSPS) is 11.1. The first-order chi connectivity index (χ1) is 7.75. The lowest BCUT2D eigenvalue weighted by molar-refractivity contribution is 1.15. The molecule has 0 atom stereocenters. The predicted octanol–water partition coefficient (Wildman–Crippen LogP) is 4.02. The van der Waals surface area contributed by atoms with Crippen molar-refractivity contribution < 1.29 is 0 Å². The zero-order valence-electron chi connectivity index (χ0n) is 8.64. The standard InChI is InChI=1S/C12H9ClN2S/c1-8-4-5-9-11(13)14-12(15(9)7-8)10-3-2-6-16-10/h2-7H,1H3. The van der Waals surface area contributed by atoms with Crippen LogP contribution in [-0.4, -0.2) is 9.38 Å². The van der Waals surface area contributed by atoms with Gasteiger partial charge in [0.2, 0.25) is 0 Å². The summed E-state index contributed by atoms with van der Waals surface area (Å²) in [6.45, 7) is 2.06. The van der Waals surface area contributed by atoms with Gasteiger partial charge in [0.05, 0.1) is 10.4 Å². The Bertz CT molecular complexity index is 640. The van der Waals surface area contributed by atoms with E-state index in [1.807, 2.05) is 28.0 Å². The van der Waals surface area contributed by atoms with E-state index in [4.69, 9.17) is 11.6 Å². The number of hydrogen-bond acceptors (Lipinski definition) is 2. The number of thiophene rings is 1. The van der Waals surface area contributed by atoms with Crippen LogP contribution < -0.4 is 0 Å². The summed E-state index contributed by atoms with van der Waals surface area (Å²) in [4.78, 5) is 5.54. The van der Waals surface area contributed by atoms with Gasteiger partial charge in [0, 0.05) is 6.20 Å². The van der Waals surface area contributed by atoms with Crippen LogP contribution in [0.5, 0.6) is 0 Å². The van der Waals surface area contributed by atoms with Crippen LogP contribution in [0.4, 0.5) is 0 Å². The van der Waals surface area contributed by atoms with Gasteiger partial charge >= 0.3 is 0 Å². The van der Waals surface area contributed by atoms with Crippen LogP contribution in [0.15, 0.2) is 35.8 Å². The molecular weight excluding hydrogens is 240 g/mol. The van der Waals surface area contributed by atoms with Gasteiger partial charge in [-0.1, -0.05) is 23.7 Å². The largest absolute Gasteiger partial charge is 0.297 e. The van der Waals surface area contributed by atoms with E-state index in [-0.39, 0.29) is 0 Å². The Hall–Kier alpha value is -1.32. The molecule has 0 aliphatic rings. The Labute approximate surface area is 102 Å². The summed E-state index contributed by atoms with van der Waals surface area (Å²) in [5.74, 6) is 0.915. The topological polar surface area (TPSA) is 17.3 Å². The fourth-order valence-corrected chi connectivity index (χ4v) is 2.68. The fourth-order valence-electron chi connectivity index (χ4n) is 1.73. The third kappa shape index (κ3) is 1.44. The number of hydrogen-bond donors (Lipinski definition) is 0. The molecule has 0 spiro atoms. The summed E-state index contributed by atoms with van der Waals surface area (Å²) < 4.78 is 2.05. The molecule has 80 valence electrons. The molecule has 0 saturated heterocycles. The van der Waals surface area contributed by atoms with E-state index in [1.165, 1.54) is 5.56 Å². The molecule has 0 aliphatic heterocycles. The summed E-state index contributed by atoms with van der Waals surface area (Å²) in [7, 11) is 0. The number of aromatic nitrogens is 2. The Kier molecular flexibility index (Phi) is 2.23. The van der Waals surface area contributed by atoms with E-state index in [0.717, 1.165) is 16.2 Å². The lowest BCUT2D eigenvalue weighted by atomic mass is 10.3. The highest BCUT2D eigenvalue weighted by molar-refractivity contribution is 7.13. The van der Waals surface area contributed by atoms with Gasteiger partial charge in [0.15, 0.2) is 11.0 Å². The third-order valence-electron chi connectivity index (χ3n) is 2.48. The van der Waals surface area contributed by atoms with E-state index in [0.29, 0.717) is 5.15 Å². The van der Waals surface area contributed by atoms with Crippen LogP contribution in [0.3, 0.4) is 0 Å². The molecule has 0 aliphatic carbocycles. The monoisotopic (exact) mass is 248 g/mol. The Morgan fingerprint density at radius 1 is 1.31 bits per heavy atom. The molecular formula is C12H9ClN2S. The van der Waals surface area contributed by atoms with Crippen molar-refractivity contribution >= 4 is 28.5 Å². The SMILES string of the molecule is Cc1ccc2c(Cl)nc(-c3cccs3)n2c1. The molecule has 0 N–H and O–H groups in total. The highest BCUT2D eigenvalue weighted by atomic mass is 35.5. The number of nitrogens with zero attached hydrogens (tertiary/aromatic N) is 2. The van der Waals surface area contributed by atoms with Gasteiger partial charge in [-0.15, -0.1) is 11.3 Å². The first-order valence-electron chi connectivity index (χ1n) is 4.94. The van der Waals surface area contributed by atoms with Crippen molar-refractivity contribution in [2.45, 2.75) is 6.92 Å². The summed E-state index contributed by atoms with van der Waals surface area (Å²) in [6.07, 6.45) is 2.06. The molecule has 0 amide bonds. The van der Waals surface area contributed by atoms with E-state index >= 15 is 0 Å². The third-order valence-corrected chi connectivity index (χ3v) is 3.63. The summed E-state index contributed by atoms with van der Waals surface area (Å²) in [5, 5.41) is 2.60. The Balaban J connectivity index is 2.37. The van der Waals surface area contributed by atoms with Crippen molar-refractivity contribution in [2.75, 3.05) is 0 Å². The molecule has 2 nitrogen and oxygen atoms in total. The van der Waals surface area contributed by atoms with Crippen LogP contribution >= 0.6 is 22.9 Å². The van der Waals surface area contributed by atoms with Gasteiger partial charge in [-0.05, 0) is 30.0 Å². The number of rotatable bonds is 1. The molecule has 0 fully saturated rings. The lowest BCUT2D eigenvalue weighted by Gasteiger charge is -1.99. The minimum absolute atomic E-state index is 0.559. The first kappa shape index (κ1) is 9.87. The van der Waals surface area contributed by atoms with Crippen molar-refractivity contribution in [3.05, 3.63) is 46.6 Å². The number of fused-ring (bicyclic) bond motifs is 1. The van der Waals surface area contributed by atoms with Gasteiger partial charge in [0.25, 0.3) is 0 Å². The van der Waals surface area contributed by atoms with E-state index in [1.54, 1.807) is 11.3 Å². The minimum atomic E-state index is 0.559. The summed E-state index contributed by atoms with van der Waals surface area (Å²) >= 11 is 7.79. The fraction of sp³-hybridized carbons (Fsp3) is 0.0833. The van der Waals surface area contributed by atoms with E-state index < -0.39 is 0 Å². The Morgan fingerprint density at radius 3 is 2.94 bits per heavy atom. The molecule has 0 unspecified atom stereocenters. The van der Waals surface area contributed by atoms with E-state index in [2.05, 4.69) is 24.2 Å². The highest BCUT2D eigenvalue weighted by Gasteiger charge is 2.11. The molecule has 0 radical (unpaired) electrons. The van der Waals surface area contributed by atoms with Gasteiger partial charge in [0.1, 0.15) is 0 Å². The molecule has 0 aromatic carbocycles. The maximum absolute atomic E-state index is 6.12. The number of aryl methyl sites for hydroxylation is 1. The summed E-state index contributed by atoms with van der Waals surface area (Å²) in [6, 6.07) is 8.12. The van der Waals surface area contributed by atoms with Crippen LogP contribution in [-0.2, 0) is 0 Å². The van der Waals surface area contributed by atoms with Crippen LogP contribution in [0.25, 0.3) is 16.2 Å². The molecule has 0 saturated carbocycles. The molecule has 3 aromatic heterocycles. The molecule has 4 heteroatoms. The molecule has 3 aromatic rings. The van der Waals surface area contributed by atoms with Gasteiger partial charge < -0.3 is 0 Å². The quantitative estimate of drug-likeness (QED) is 0.636. The maximum Gasteiger partial charge on any atom is 0.156 e. The van der Waals surface area contributed by atoms with Gasteiger partial charge in [-0.2, -0.15) is 0 Å². The maximum atomic E-state index is 6.12. The van der Waals surface area contributed by atoms with Crippen LogP contribution in [0.1, 0.15) is 5.56 Å². The second-order valence-corrected chi connectivity index (χ2v) is 4.97. The average Bonchev–Trinajstić information content (AvgIpc) is 2.86. The zero-order chi connectivity index (χ0) is 11.1. The Morgan fingerprint density at radius 2 is 2.19 bits per heavy atom. The molecule has 16 heavy (non-hydrogen) atoms. The number of pyridine rings is 1. The van der Waals surface area contributed by atoms with Gasteiger partial charge in [-0.3, -0.25) is 4.40 Å². The predicted molar refractivity (Wildman–Crippen MR) is 68.3 cm³/mol. The molecule has 3 heterocycles. The molecule has 3 rings (SSSR count). The second-order valence-electron chi connectivity index (χ2n) is 3.67. The molecule has 0 bridgehead atoms. The van der Waals surface area contributed by atoms with Crippen molar-refractivity contribution in [3.63, 3.8) is 0 Å².